The number of hydrogen-bond donors (Lipinski definition) is 1. The smallest absolute Gasteiger partial charge is 0.410 e. The topological polar surface area (TPSA) is 84.4 Å². The number of ether oxygens (including phenoxy) is 1. The number of likely N-dealkylation sites (tertiary alicyclic amines) is 1. The number of aryl methyl sites for hydroxylation is 1. The molecule has 0 unspecified atom stereocenters. The van der Waals surface area contributed by atoms with E-state index in [1.807, 2.05) is 27.7 Å². The maximum absolute atomic E-state index is 12.3. The standard InChI is InChI=1S/C15H24N4O3S/c1-5-11-17-18-13(23-11)16-12(20)10-6-8-19(9-7-10)14(21)22-15(2,3)4/h10H,5-9H2,1-4H3,(H,16,18,20). The van der Waals surface area contributed by atoms with E-state index in [0.717, 1.165) is 11.4 Å². The van der Waals surface area contributed by atoms with Crippen molar-refractivity contribution in [2.75, 3.05) is 18.4 Å². The van der Waals surface area contributed by atoms with Gasteiger partial charge in [0, 0.05) is 19.0 Å². The molecular formula is C15H24N4O3S. The first kappa shape index (κ1) is 17.7. The summed E-state index contributed by atoms with van der Waals surface area (Å²) >= 11 is 1.40. The van der Waals surface area contributed by atoms with Crippen molar-refractivity contribution in [1.29, 1.82) is 0 Å². The maximum Gasteiger partial charge on any atom is 0.410 e. The molecule has 23 heavy (non-hydrogen) atoms. The van der Waals surface area contributed by atoms with Crippen LogP contribution in [0.2, 0.25) is 0 Å². The third kappa shape index (κ3) is 5.16. The molecule has 128 valence electrons. The van der Waals surface area contributed by atoms with Gasteiger partial charge in [-0.05, 0) is 40.0 Å². The Kier molecular flexibility index (Phi) is 5.56. The van der Waals surface area contributed by atoms with Gasteiger partial charge in [-0.25, -0.2) is 4.79 Å². The van der Waals surface area contributed by atoms with Crippen LogP contribution in [0.25, 0.3) is 0 Å². The summed E-state index contributed by atoms with van der Waals surface area (Å²) in [5, 5.41) is 12.2. The van der Waals surface area contributed by atoms with Crippen molar-refractivity contribution >= 4 is 28.5 Å². The van der Waals surface area contributed by atoms with Gasteiger partial charge in [0.05, 0.1) is 0 Å². The number of nitrogens with zero attached hydrogens (tertiary/aromatic N) is 3. The summed E-state index contributed by atoms with van der Waals surface area (Å²) in [4.78, 5) is 25.9. The third-order valence-corrected chi connectivity index (χ3v) is 4.50. The van der Waals surface area contributed by atoms with Crippen molar-refractivity contribution in [2.24, 2.45) is 5.92 Å². The summed E-state index contributed by atoms with van der Waals surface area (Å²) in [6.45, 7) is 8.60. The Morgan fingerprint density at radius 1 is 1.30 bits per heavy atom. The molecule has 7 nitrogen and oxygen atoms in total. The van der Waals surface area contributed by atoms with E-state index < -0.39 is 5.60 Å². The zero-order valence-electron chi connectivity index (χ0n) is 14.1. The van der Waals surface area contributed by atoms with Gasteiger partial charge in [-0.3, -0.25) is 4.79 Å². The molecule has 2 heterocycles. The number of aromatic nitrogens is 2. The van der Waals surface area contributed by atoms with Crippen LogP contribution in [0.1, 0.15) is 45.5 Å². The van der Waals surface area contributed by atoms with Crippen molar-refractivity contribution in [3.8, 4) is 0 Å². The number of hydrogen-bond acceptors (Lipinski definition) is 6. The number of carbonyl (C=O) groups is 2. The highest BCUT2D eigenvalue weighted by Crippen LogP contribution is 2.22. The van der Waals surface area contributed by atoms with Crippen LogP contribution in [0.15, 0.2) is 0 Å². The first-order valence-corrected chi connectivity index (χ1v) is 8.71. The Morgan fingerprint density at radius 3 is 2.48 bits per heavy atom. The van der Waals surface area contributed by atoms with E-state index in [1.54, 1.807) is 4.90 Å². The number of rotatable bonds is 3. The van der Waals surface area contributed by atoms with Gasteiger partial charge < -0.3 is 15.0 Å². The normalized spacial score (nSPS) is 16.3. The van der Waals surface area contributed by atoms with E-state index >= 15 is 0 Å². The molecule has 1 N–H and O–H groups in total. The Labute approximate surface area is 140 Å². The molecule has 0 aliphatic carbocycles. The molecule has 0 saturated carbocycles. The fraction of sp³-hybridized carbons (Fsp3) is 0.733. The number of amides is 2. The van der Waals surface area contributed by atoms with Crippen molar-refractivity contribution in [3.63, 3.8) is 0 Å². The Bertz CT molecular complexity index is 559. The molecule has 1 aliphatic heterocycles. The zero-order chi connectivity index (χ0) is 17.0. The maximum atomic E-state index is 12.3. The Hall–Kier alpha value is -1.70. The Balaban J connectivity index is 1.81. The lowest BCUT2D eigenvalue weighted by molar-refractivity contribution is -0.121. The molecule has 1 fully saturated rings. The SMILES string of the molecule is CCc1nnc(NC(=O)C2CCN(C(=O)OC(C)(C)C)CC2)s1. The molecule has 0 radical (unpaired) electrons. The number of piperidine rings is 1. The molecule has 1 saturated heterocycles. The van der Waals surface area contributed by atoms with Crippen molar-refractivity contribution in [3.05, 3.63) is 5.01 Å². The lowest BCUT2D eigenvalue weighted by Crippen LogP contribution is -2.43. The van der Waals surface area contributed by atoms with Crippen LogP contribution in [0.4, 0.5) is 9.93 Å². The number of carbonyl (C=O) groups excluding carboxylic acids is 2. The van der Waals surface area contributed by atoms with E-state index in [4.69, 9.17) is 4.74 Å². The highest BCUT2D eigenvalue weighted by Gasteiger charge is 2.30. The predicted octanol–water partition coefficient (Wildman–Crippen LogP) is 2.69. The second kappa shape index (κ2) is 7.25. The number of anilines is 1. The molecule has 2 rings (SSSR count). The van der Waals surface area contributed by atoms with Gasteiger partial charge in [-0.1, -0.05) is 18.3 Å². The minimum absolute atomic E-state index is 0.0485. The average Bonchev–Trinajstić information content (AvgIpc) is 2.93. The first-order valence-electron chi connectivity index (χ1n) is 7.89. The van der Waals surface area contributed by atoms with Gasteiger partial charge in [0.25, 0.3) is 0 Å². The van der Waals surface area contributed by atoms with E-state index in [-0.39, 0.29) is 17.9 Å². The van der Waals surface area contributed by atoms with Crippen LogP contribution >= 0.6 is 11.3 Å². The van der Waals surface area contributed by atoms with Gasteiger partial charge in [0.15, 0.2) is 0 Å². The molecule has 0 aromatic carbocycles. The molecule has 0 bridgehead atoms. The molecule has 1 aliphatic rings. The quantitative estimate of drug-likeness (QED) is 0.914. The summed E-state index contributed by atoms with van der Waals surface area (Å²) in [6.07, 6.45) is 1.75. The van der Waals surface area contributed by atoms with Gasteiger partial charge in [-0.2, -0.15) is 0 Å². The number of nitrogens with one attached hydrogen (secondary N) is 1. The van der Waals surface area contributed by atoms with Crippen LogP contribution in [0.3, 0.4) is 0 Å². The molecule has 1 aromatic rings. The van der Waals surface area contributed by atoms with E-state index in [2.05, 4.69) is 15.5 Å². The van der Waals surface area contributed by atoms with Crippen LogP contribution in [-0.2, 0) is 16.0 Å². The third-order valence-electron chi connectivity index (χ3n) is 3.52. The molecule has 0 spiro atoms. The fourth-order valence-corrected chi connectivity index (χ4v) is 2.99. The van der Waals surface area contributed by atoms with E-state index in [0.29, 0.717) is 31.1 Å². The van der Waals surface area contributed by atoms with Crippen molar-refractivity contribution < 1.29 is 14.3 Å². The largest absolute Gasteiger partial charge is 0.444 e. The summed E-state index contributed by atoms with van der Waals surface area (Å²) in [5.74, 6) is -0.157. The molecular weight excluding hydrogens is 316 g/mol. The second-order valence-corrected chi connectivity index (χ2v) is 7.65. The first-order chi connectivity index (χ1) is 10.8. The van der Waals surface area contributed by atoms with Crippen LogP contribution in [0.5, 0.6) is 0 Å². The molecule has 2 amide bonds. The minimum atomic E-state index is -0.500. The molecule has 0 atom stereocenters. The molecule has 1 aromatic heterocycles. The van der Waals surface area contributed by atoms with Crippen LogP contribution < -0.4 is 5.32 Å². The fourth-order valence-electron chi connectivity index (χ4n) is 2.31. The monoisotopic (exact) mass is 340 g/mol. The Morgan fingerprint density at radius 2 is 1.96 bits per heavy atom. The summed E-state index contributed by atoms with van der Waals surface area (Å²) in [7, 11) is 0. The van der Waals surface area contributed by atoms with Gasteiger partial charge in [0.2, 0.25) is 11.0 Å². The highest BCUT2D eigenvalue weighted by molar-refractivity contribution is 7.15. The van der Waals surface area contributed by atoms with Crippen molar-refractivity contribution in [2.45, 2.75) is 52.6 Å². The summed E-state index contributed by atoms with van der Waals surface area (Å²) in [6, 6.07) is 0. The van der Waals surface area contributed by atoms with Crippen LogP contribution in [0, 0.1) is 5.92 Å². The molecule has 8 heteroatoms. The summed E-state index contributed by atoms with van der Waals surface area (Å²) < 4.78 is 5.35. The average molecular weight is 340 g/mol. The second-order valence-electron chi connectivity index (χ2n) is 6.59. The van der Waals surface area contributed by atoms with Gasteiger partial charge >= 0.3 is 6.09 Å². The predicted molar refractivity (Wildman–Crippen MR) is 88.4 cm³/mol. The lowest BCUT2D eigenvalue weighted by atomic mass is 9.96. The van der Waals surface area contributed by atoms with Crippen molar-refractivity contribution in [1.82, 2.24) is 15.1 Å². The van der Waals surface area contributed by atoms with E-state index in [9.17, 15) is 9.59 Å². The highest BCUT2D eigenvalue weighted by atomic mass is 32.1. The lowest BCUT2D eigenvalue weighted by Gasteiger charge is -2.32. The zero-order valence-corrected chi connectivity index (χ0v) is 14.9. The van der Waals surface area contributed by atoms with Gasteiger partial charge in [0.1, 0.15) is 10.6 Å². The van der Waals surface area contributed by atoms with Crippen LogP contribution in [-0.4, -0.2) is 45.8 Å². The summed E-state index contributed by atoms with van der Waals surface area (Å²) in [5.41, 5.74) is -0.500. The van der Waals surface area contributed by atoms with Gasteiger partial charge in [-0.15, -0.1) is 10.2 Å². The minimum Gasteiger partial charge on any atom is -0.444 e. The van der Waals surface area contributed by atoms with E-state index in [1.165, 1.54) is 11.3 Å².